The van der Waals surface area contributed by atoms with Gasteiger partial charge in [0, 0.05) is 23.2 Å². The van der Waals surface area contributed by atoms with Gasteiger partial charge in [-0.25, -0.2) is 4.39 Å². The third kappa shape index (κ3) is 3.50. The van der Waals surface area contributed by atoms with E-state index in [1.165, 1.54) is 18.9 Å². The number of nitrogens with one attached hydrogen (secondary N) is 1. The lowest BCUT2D eigenvalue weighted by Crippen LogP contribution is -2.42. The molecule has 3 nitrogen and oxygen atoms in total. The van der Waals surface area contributed by atoms with Gasteiger partial charge in [-0.1, -0.05) is 17.7 Å². The quantitative estimate of drug-likeness (QED) is 0.850. The van der Waals surface area contributed by atoms with Gasteiger partial charge in [0.1, 0.15) is 17.6 Å². The molecule has 2 heterocycles. The van der Waals surface area contributed by atoms with Gasteiger partial charge in [-0.15, -0.1) is 0 Å². The fourth-order valence-electron chi connectivity index (χ4n) is 3.59. The molecule has 0 spiro atoms. The molecule has 0 aromatic heterocycles. The number of hydrogen-bond donors (Lipinski definition) is 1. The Morgan fingerprint density at radius 1 is 1.00 bits per heavy atom. The van der Waals surface area contributed by atoms with Crippen molar-refractivity contribution in [2.24, 2.45) is 0 Å². The third-order valence-corrected chi connectivity index (χ3v) is 4.89. The van der Waals surface area contributed by atoms with Crippen LogP contribution in [0.5, 0.6) is 17.2 Å². The first-order valence-corrected chi connectivity index (χ1v) is 8.69. The van der Waals surface area contributed by atoms with Crippen LogP contribution in [0, 0.1) is 5.82 Å². The van der Waals surface area contributed by atoms with E-state index in [0.29, 0.717) is 28.6 Å². The highest BCUT2D eigenvalue weighted by atomic mass is 35.5. The second kappa shape index (κ2) is 6.61. The lowest BCUT2D eigenvalue weighted by molar-refractivity contribution is 0.137. The molecule has 2 aliphatic rings. The topological polar surface area (TPSA) is 30.5 Å². The average molecular weight is 348 g/mol. The monoisotopic (exact) mass is 347 g/mol. The maximum Gasteiger partial charge on any atom is 0.166 e. The summed E-state index contributed by atoms with van der Waals surface area (Å²) in [6, 6.07) is 12.7. The van der Waals surface area contributed by atoms with Gasteiger partial charge in [0.25, 0.3) is 0 Å². The molecular formula is C19H19ClFNO2. The molecular weight excluding hydrogens is 329 g/mol. The summed E-state index contributed by atoms with van der Waals surface area (Å²) in [5, 5.41) is 4.13. The lowest BCUT2D eigenvalue weighted by atomic mass is 10.0. The standard InChI is InChI=1S/C19H19ClFNO2/c20-12-2-1-3-15(8-12)24-19-11-16(6-7-18(19)21)23-17-9-13-4-5-14(10-17)22-13/h1-3,6-8,11,13-14,17,22H,4-5,9-10H2/t13-,14+,17-. The van der Waals surface area contributed by atoms with Gasteiger partial charge in [0.05, 0.1) is 0 Å². The van der Waals surface area contributed by atoms with E-state index in [1.54, 1.807) is 36.4 Å². The Labute approximate surface area is 145 Å². The Morgan fingerprint density at radius 3 is 2.54 bits per heavy atom. The molecule has 4 rings (SSSR count). The Morgan fingerprint density at radius 2 is 1.79 bits per heavy atom. The van der Waals surface area contributed by atoms with Crippen LogP contribution in [0.15, 0.2) is 42.5 Å². The van der Waals surface area contributed by atoms with Crippen LogP contribution in [0.4, 0.5) is 4.39 Å². The van der Waals surface area contributed by atoms with Crippen LogP contribution >= 0.6 is 11.6 Å². The van der Waals surface area contributed by atoms with E-state index in [-0.39, 0.29) is 11.9 Å². The molecule has 2 aromatic carbocycles. The second-order valence-electron chi connectivity index (χ2n) is 6.50. The van der Waals surface area contributed by atoms with Crippen molar-refractivity contribution >= 4 is 11.6 Å². The molecule has 0 aliphatic carbocycles. The normalized spacial score (nSPS) is 25.5. The second-order valence-corrected chi connectivity index (χ2v) is 6.94. The smallest absolute Gasteiger partial charge is 0.166 e. The van der Waals surface area contributed by atoms with Gasteiger partial charge >= 0.3 is 0 Å². The van der Waals surface area contributed by atoms with Crippen LogP contribution < -0.4 is 14.8 Å². The fraction of sp³-hybridized carbons (Fsp3) is 0.368. The minimum atomic E-state index is -0.423. The zero-order chi connectivity index (χ0) is 16.5. The largest absolute Gasteiger partial charge is 0.490 e. The summed E-state index contributed by atoms with van der Waals surface area (Å²) >= 11 is 5.94. The van der Waals surface area contributed by atoms with Gasteiger partial charge in [-0.05, 0) is 56.0 Å². The van der Waals surface area contributed by atoms with E-state index in [1.807, 2.05) is 0 Å². The minimum Gasteiger partial charge on any atom is -0.490 e. The molecule has 24 heavy (non-hydrogen) atoms. The maximum atomic E-state index is 14.0. The van der Waals surface area contributed by atoms with Crippen molar-refractivity contribution in [1.29, 1.82) is 0 Å². The molecule has 0 unspecified atom stereocenters. The van der Waals surface area contributed by atoms with Crippen molar-refractivity contribution in [3.8, 4) is 17.2 Å². The highest BCUT2D eigenvalue weighted by Gasteiger charge is 2.34. The molecule has 0 radical (unpaired) electrons. The van der Waals surface area contributed by atoms with E-state index >= 15 is 0 Å². The van der Waals surface area contributed by atoms with Gasteiger partial charge in [-0.3, -0.25) is 0 Å². The summed E-state index contributed by atoms with van der Waals surface area (Å²) in [4.78, 5) is 0. The van der Waals surface area contributed by atoms with E-state index in [9.17, 15) is 4.39 Å². The van der Waals surface area contributed by atoms with Crippen molar-refractivity contribution in [1.82, 2.24) is 5.32 Å². The Hall–Kier alpha value is -1.78. The molecule has 5 heteroatoms. The maximum absolute atomic E-state index is 14.0. The molecule has 0 saturated carbocycles. The van der Waals surface area contributed by atoms with E-state index in [0.717, 1.165) is 12.8 Å². The van der Waals surface area contributed by atoms with Crippen molar-refractivity contribution in [3.05, 3.63) is 53.3 Å². The highest BCUT2D eigenvalue weighted by Crippen LogP contribution is 2.33. The molecule has 2 aromatic rings. The summed E-state index contributed by atoms with van der Waals surface area (Å²) in [6.45, 7) is 0. The van der Waals surface area contributed by atoms with Crippen molar-refractivity contribution in [3.63, 3.8) is 0 Å². The molecule has 2 bridgehead atoms. The molecule has 2 fully saturated rings. The number of halogens is 2. The van der Waals surface area contributed by atoms with Gasteiger partial charge in [0.2, 0.25) is 0 Å². The van der Waals surface area contributed by atoms with Crippen molar-refractivity contribution in [2.75, 3.05) is 0 Å². The molecule has 1 N–H and O–H groups in total. The SMILES string of the molecule is Fc1ccc(O[C@@H]2C[C@H]3CC[C@@H](C2)N3)cc1Oc1cccc(Cl)c1. The van der Waals surface area contributed by atoms with Crippen molar-refractivity contribution < 1.29 is 13.9 Å². The number of rotatable bonds is 4. The highest BCUT2D eigenvalue weighted by molar-refractivity contribution is 6.30. The number of hydrogen-bond acceptors (Lipinski definition) is 3. The molecule has 0 amide bonds. The summed E-state index contributed by atoms with van der Waals surface area (Å²) in [5.41, 5.74) is 0. The first-order chi connectivity index (χ1) is 11.7. The lowest BCUT2D eigenvalue weighted by Gasteiger charge is -2.29. The Kier molecular flexibility index (Phi) is 4.33. The summed E-state index contributed by atoms with van der Waals surface area (Å²) in [7, 11) is 0. The molecule has 126 valence electrons. The molecule has 2 aliphatic heterocycles. The van der Waals surface area contributed by atoms with Crippen LogP contribution in [-0.2, 0) is 0 Å². The molecule has 2 saturated heterocycles. The van der Waals surface area contributed by atoms with Crippen LogP contribution in [0.2, 0.25) is 5.02 Å². The Bertz CT molecular complexity index is 727. The summed E-state index contributed by atoms with van der Waals surface area (Å²) in [5.74, 6) is 0.859. The molecule has 3 atom stereocenters. The Balaban J connectivity index is 1.49. The zero-order valence-corrected chi connectivity index (χ0v) is 13.9. The summed E-state index contributed by atoms with van der Waals surface area (Å²) in [6.07, 6.45) is 4.61. The third-order valence-electron chi connectivity index (χ3n) is 4.66. The predicted molar refractivity (Wildman–Crippen MR) is 91.5 cm³/mol. The summed E-state index contributed by atoms with van der Waals surface area (Å²) < 4.78 is 25.7. The van der Waals surface area contributed by atoms with E-state index in [2.05, 4.69) is 5.32 Å². The van der Waals surface area contributed by atoms with Gasteiger partial charge in [-0.2, -0.15) is 0 Å². The predicted octanol–water partition coefficient (Wildman–Crippen LogP) is 4.93. The van der Waals surface area contributed by atoms with E-state index < -0.39 is 5.82 Å². The zero-order valence-electron chi connectivity index (χ0n) is 13.2. The fourth-order valence-corrected chi connectivity index (χ4v) is 3.77. The van der Waals surface area contributed by atoms with E-state index in [4.69, 9.17) is 21.1 Å². The van der Waals surface area contributed by atoms with Crippen LogP contribution in [-0.4, -0.2) is 18.2 Å². The first kappa shape index (κ1) is 15.7. The van der Waals surface area contributed by atoms with Crippen LogP contribution in [0.1, 0.15) is 25.7 Å². The number of piperidine rings is 1. The van der Waals surface area contributed by atoms with Crippen LogP contribution in [0.3, 0.4) is 0 Å². The number of ether oxygens (including phenoxy) is 2. The van der Waals surface area contributed by atoms with Crippen molar-refractivity contribution in [2.45, 2.75) is 43.9 Å². The van der Waals surface area contributed by atoms with Crippen LogP contribution in [0.25, 0.3) is 0 Å². The number of fused-ring (bicyclic) bond motifs is 2. The average Bonchev–Trinajstić information content (AvgIpc) is 2.89. The first-order valence-electron chi connectivity index (χ1n) is 8.31. The van der Waals surface area contributed by atoms with Gasteiger partial charge in [0.15, 0.2) is 11.6 Å². The van der Waals surface area contributed by atoms with Gasteiger partial charge < -0.3 is 14.8 Å². The minimum absolute atomic E-state index is 0.145. The number of benzene rings is 2.